The third-order valence-corrected chi connectivity index (χ3v) is 15.5. The number of allylic oxidation sites excluding steroid dienone is 12. The number of unbranched alkanes of at least 4 members (excludes halogenated alkanes) is 41. The van der Waals surface area contributed by atoms with Crippen LogP contribution in [0.2, 0.25) is 0 Å². The van der Waals surface area contributed by atoms with E-state index in [4.69, 9.17) is 14.2 Å². The molecule has 0 fully saturated rings. The second-order valence-corrected chi connectivity index (χ2v) is 23.4. The first kappa shape index (κ1) is 76.9. The molecule has 0 saturated heterocycles. The van der Waals surface area contributed by atoms with Crippen molar-refractivity contribution >= 4 is 17.9 Å². The Morgan fingerprint density at radius 1 is 0.263 bits per heavy atom. The quantitative estimate of drug-likeness (QED) is 0.0261. The van der Waals surface area contributed by atoms with Gasteiger partial charge in [0.15, 0.2) is 6.10 Å². The molecule has 0 rings (SSSR count). The Kier molecular flexibility index (Phi) is 65.7. The Balaban J connectivity index is 4.20. The van der Waals surface area contributed by atoms with Crippen molar-refractivity contribution in [3.8, 4) is 0 Å². The third kappa shape index (κ3) is 65.7. The summed E-state index contributed by atoms with van der Waals surface area (Å²) < 4.78 is 17.0. The summed E-state index contributed by atoms with van der Waals surface area (Å²) in [7, 11) is 0. The summed E-state index contributed by atoms with van der Waals surface area (Å²) in [5, 5.41) is 0. The fourth-order valence-electron chi connectivity index (χ4n) is 10.3. The van der Waals surface area contributed by atoms with Crippen LogP contribution in [0.4, 0.5) is 0 Å². The molecule has 0 radical (unpaired) electrons. The van der Waals surface area contributed by atoms with Crippen LogP contribution in [0.25, 0.3) is 0 Å². The molecule has 464 valence electrons. The molecule has 0 aromatic heterocycles. The molecule has 1 unspecified atom stereocenters. The summed E-state index contributed by atoms with van der Waals surface area (Å²) in [6.07, 6.45) is 89.3. The first-order valence-electron chi connectivity index (χ1n) is 34.9. The molecule has 0 aliphatic heterocycles. The number of esters is 3. The van der Waals surface area contributed by atoms with Crippen LogP contribution >= 0.6 is 0 Å². The van der Waals surface area contributed by atoms with Gasteiger partial charge in [0.2, 0.25) is 0 Å². The molecule has 0 amide bonds. The maximum absolute atomic E-state index is 12.9. The van der Waals surface area contributed by atoms with Crippen molar-refractivity contribution in [2.24, 2.45) is 0 Å². The molecule has 0 bridgehead atoms. The molecule has 0 saturated carbocycles. The van der Waals surface area contributed by atoms with E-state index < -0.39 is 6.10 Å². The van der Waals surface area contributed by atoms with Crippen LogP contribution in [0.15, 0.2) is 72.9 Å². The van der Waals surface area contributed by atoms with Gasteiger partial charge in [-0.25, -0.2) is 0 Å². The summed E-state index contributed by atoms with van der Waals surface area (Å²) in [6, 6.07) is 0. The van der Waals surface area contributed by atoms with Crippen LogP contribution in [-0.2, 0) is 28.6 Å². The van der Waals surface area contributed by atoms with Crippen molar-refractivity contribution < 1.29 is 28.6 Å². The van der Waals surface area contributed by atoms with Gasteiger partial charge >= 0.3 is 17.9 Å². The van der Waals surface area contributed by atoms with Crippen LogP contribution < -0.4 is 0 Å². The number of hydrogen-bond donors (Lipinski definition) is 0. The maximum Gasteiger partial charge on any atom is 0.306 e. The van der Waals surface area contributed by atoms with Crippen LogP contribution in [0.5, 0.6) is 0 Å². The Labute approximate surface area is 497 Å². The third-order valence-electron chi connectivity index (χ3n) is 15.5. The summed E-state index contributed by atoms with van der Waals surface area (Å²) >= 11 is 0. The van der Waals surface area contributed by atoms with E-state index in [2.05, 4.69) is 93.7 Å². The minimum absolute atomic E-state index is 0.0691. The molecule has 0 aromatic rings. The van der Waals surface area contributed by atoms with Crippen molar-refractivity contribution in [2.45, 2.75) is 367 Å². The fraction of sp³-hybridized carbons (Fsp3) is 0.797. The van der Waals surface area contributed by atoms with Gasteiger partial charge in [-0.15, -0.1) is 0 Å². The van der Waals surface area contributed by atoms with Crippen molar-refractivity contribution in [1.82, 2.24) is 0 Å². The predicted molar refractivity (Wildman–Crippen MR) is 348 cm³/mol. The number of hydrogen-bond acceptors (Lipinski definition) is 6. The smallest absolute Gasteiger partial charge is 0.306 e. The second kappa shape index (κ2) is 68.3. The van der Waals surface area contributed by atoms with Gasteiger partial charge in [-0.05, 0) is 70.6 Å². The topological polar surface area (TPSA) is 78.9 Å². The van der Waals surface area contributed by atoms with E-state index in [1.807, 2.05) is 0 Å². The molecule has 0 N–H and O–H groups in total. The highest BCUT2D eigenvalue weighted by molar-refractivity contribution is 5.71. The minimum atomic E-state index is -0.772. The van der Waals surface area contributed by atoms with Crippen molar-refractivity contribution in [1.29, 1.82) is 0 Å². The number of ether oxygens (including phenoxy) is 3. The summed E-state index contributed by atoms with van der Waals surface area (Å²) in [4.78, 5) is 38.4. The number of carbonyl (C=O) groups excluding carboxylic acids is 3. The monoisotopic (exact) mass is 1120 g/mol. The van der Waals surface area contributed by atoms with E-state index >= 15 is 0 Å². The molecule has 1 atom stereocenters. The highest BCUT2D eigenvalue weighted by Gasteiger charge is 2.19. The van der Waals surface area contributed by atoms with E-state index in [0.29, 0.717) is 19.3 Å². The van der Waals surface area contributed by atoms with Crippen LogP contribution in [-0.4, -0.2) is 37.2 Å². The lowest BCUT2D eigenvalue weighted by molar-refractivity contribution is -0.167. The van der Waals surface area contributed by atoms with E-state index in [0.717, 1.165) is 96.3 Å². The van der Waals surface area contributed by atoms with Gasteiger partial charge in [0.25, 0.3) is 0 Å². The SMILES string of the molecule is CC/C=C\C/C=C\C/C=C\C/C=C\C/C=C\C/C=C\CCCCCCCCCCCCCCC(=O)OCC(COC(=O)CCCCCCCCCCCCCC)OC(=O)CCCCCCCCCCCCCCCCCCCCC. The zero-order valence-electron chi connectivity index (χ0n) is 53.3. The fourth-order valence-corrected chi connectivity index (χ4v) is 10.3. The van der Waals surface area contributed by atoms with E-state index in [-0.39, 0.29) is 31.1 Å². The van der Waals surface area contributed by atoms with Gasteiger partial charge in [-0.2, -0.15) is 0 Å². The molecule has 0 heterocycles. The summed E-state index contributed by atoms with van der Waals surface area (Å²) in [6.45, 7) is 6.58. The molecule has 0 aromatic carbocycles. The molecule has 80 heavy (non-hydrogen) atoms. The molecule has 0 aliphatic carbocycles. The predicted octanol–water partition coefficient (Wildman–Crippen LogP) is 24.1. The van der Waals surface area contributed by atoms with Crippen LogP contribution in [0.3, 0.4) is 0 Å². The van der Waals surface area contributed by atoms with Crippen LogP contribution in [0, 0.1) is 0 Å². The maximum atomic E-state index is 12.9. The normalized spacial score (nSPS) is 12.5. The molecular formula is C74H132O6. The zero-order chi connectivity index (χ0) is 57.8. The Hall–Kier alpha value is -3.15. The molecule has 0 aliphatic rings. The van der Waals surface area contributed by atoms with E-state index in [1.54, 1.807) is 0 Å². The van der Waals surface area contributed by atoms with Crippen molar-refractivity contribution in [3.05, 3.63) is 72.9 Å². The zero-order valence-corrected chi connectivity index (χ0v) is 53.3. The average molecular weight is 1120 g/mol. The lowest BCUT2D eigenvalue weighted by Gasteiger charge is -2.18. The Morgan fingerprint density at radius 3 is 0.762 bits per heavy atom. The Bertz CT molecular complexity index is 1470. The molecule has 6 nitrogen and oxygen atoms in total. The average Bonchev–Trinajstić information content (AvgIpc) is 3.46. The van der Waals surface area contributed by atoms with Gasteiger partial charge in [-0.3, -0.25) is 14.4 Å². The van der Waals surface area contributed by atoms with Crippen molar-refractivity contribution in [2.75, 3.05) is 13.2 Å². The van der Waals surface area contributed by atoms with Gasteiger partial charge in [0.05, 0.1) is 0 Å². The lowest BCUT2D eigenvalue weighted by Crippen LogP contribution is -2.30. The number of rotatable bonds is 64. The van der Waals surface area contributed by atoms with Gasteiger partial charge in [-0.1, -0.05) is 344 Å². The summed E-state index contributed by atoms with van der Waals surface area (Å²) in [5.41, 5.74) is 0. The first-order chi connectivity index (χ1) is 39.5. The van der Waals surface area contributed by atoms with Gasteiger partial charge in [0.1, 0.15) is 13.2 Å². The standard InChI is InChI=1S/C74H132O6/c1-4-7-10-13-16-19-22-25-27-29-31-32-33-34-35-36-37-38-39-40-41-42-44-45-47-49-52-55-58-61-64-67-73(76)79-70-71(69-78-72(75)66-63-60-57-54-51-24-21-18-15-12-9-6-3)80-74(77)68-65-62-59-56-53-50-48-46-43-30-28-26-23-20-17-14-11-8-5-2/h7,10,16,19,25,27,31-32,34-35,37-38,71H,4-6,8-9,11-15,17-18,20-24,26,28-30,33,36,39-70H2,1-3H3/b10-7-,19-16-,27-25-,32-31-,35-34-,38-37-. The largest absolute Gasteiger partial charge is 0.462 e. The van der Waals surface area contributed by atoms with Crippen molar-refractivity contribution in [3.63, 3.8) is 0 Å². The molecule has 6 heteroatoms. The highest BCUT2D eigenvalue weighted by atomic mass is 16.6. The summed E-state index contributed by atoms with van der Waals surface area (Å²) in [5.74, 6) is -0.848. The second-order valence-electron chi connectivity index (χ2n) is 23.4. The van der Waals surface area contributed by atoms with E-state index in [9.17, 15) is 14.4 Å². The van der Waals surface area contributed by atoms with E-state index in [1.165, 1.54) is 225 Å². The first-order valence-corrected chi connectivity index (χ1v) is 34.9. The lowest BCUT2D eigenvalue weighted by atomic mass is 10.0. The number of carbonyl (C=O) groups is 3. The minimum Gasteiger partial charge on any atom is -0.462 e. The Morgan fingerprint density at radius 2 is 0.487 bits per heavy atom. The molecule has 0 spiro atoms. The highest BCUT2D eigenvalue weighted by Crippen LogP contribution is 2.18. The van der Waals surface area contributed by atoms with Crippen LogP contribution in [0.1, 0.15) is 361 Å². The van der Waals surface area contributed by atoms with Gasteiger partial charge < -0.3 is 14.2 Å². The molecular weight excluding hydrogens is 985 g/mol. The van der Waals surface area contributed by atoms with Gasteiger partial charge in [0, 0.05) is 19.3 Å².